The number of carbonyl (C=O) groups is 1. The maximum Gasteiger partial charge on any atom is 0.259 e. The van der Waals surface area contributed by atoms with E-state index in [4.69, 9.17) is 44.9 Å². The summed E-state index contributed by atoms with van der Waals surface area (Å²) in [7, 11) is 3.18. The zero-order chi connectivity index (χ0) is 38.8. The monoisotopic (exact) mass is 778 g/mol. The lowest BCUT2D eigenvalue weighted by atomic mass is 9.80. The van der Waals surface area contributed by atoms with E-state index in [1.807, 2.05) is 83.8 Å². The number of thiocarbonyl (C=S) groups is 1. The van der Waals surface area contributed by atoms with Crippen LogP contribution in [0.1, 0.15) is 57.2 Å². The van der Waals surface area contributed by atoms with E-state index in [9.17, 15) is 10.1 Å². The van der Waals surface area contributed by atoms with E-state index < -0.39 is 38.7 Å². The number of benzene rings is 3. The van der Waals surface area contributed by atoms with Crippen LogP contribution >= 0.6 is 20.7 Å². The van der Waals surface area contributed by atoms with Gasteiger partial charge in [-0.15, -0.1) is 0 Å². The van der Waals surface area contributed by atoms with E-state index in [2.05, 4.69) is 43.8 Å². The van der Waals surface area contributed by atoms with Crippen LogP contribution < -0.4 is 14.8 Å². The third-order valence-electron chi connectivity index (χ3n) is 9.46. The van der Waals surface area contributed by atoms with Crippen LogP contribution in [0.25, 0.3) is 0 Å². The van der Waals surface area contributed by atoms with Gasteiger partial charge in [-0.2, -0.15) is 5.26 Å². The van der Waals surface area contributed by atoms with Gasteiger partial charge in [-0.05, 0) is 80.9 Å². The number of nitrogens with one attached hydrogen (secondary N) is 1. The first-order chi connectivity index (χ1) is 26.1. The molecule has 2 saturated heterocycles. The van der Waals surface area contributed by atoms with Gasteiger partial charge in [0.1, 0.15) is 35.4 Å². The molecule has 0 radical (unpaired) electrons. The van der Waals surface area contributed by atoms with Gasteiger partial charge >= 0.3 is 0 Å². The third-order valence-corrected chi connectivity index (χ3v) is 11.9. The number of hydrogen-bond donors (Lipinski definition) is 1. The Morgan fingerprint density at radius 3 is 2.00 bits per heavy atom. The molecule has 0 saturated carbocycles. The molecule has 2 fully saturated rings. The van der Waals surface area contributed by atoms with E-state index in [1.165, 1.54) is 0 Å². The van der Waals surface area contributed by atoms with Crippen LogP contribution in [0, 0.1) is 11.3 Å². The Kier molecular flexibility index (Phi) is 14.8. The smallest absolute Gasteiger partial charge is 0.259 e. The molecule has 1 amide bonds. The van der Waals surface area contributed by atoms with Crippen LogP contribution in [0.2, 0.25) is 0 Å². The predicted molar refractivity (Wildman–Crippen MR) is 210 cm³/mol. The minimum Gasteiger partial charge on any atom is -0.497 e. The van der Waals surface area contributed by atoms with Crippen molar-refractivity contribution in [3.63, 3.8) is 0 Å². The average molecular weight is 779 g/mol. The Morgan fingerprint density at radius 1 is 0.926 bits per heavy atom. The van der Waals surface area contributed by atoms with Crippen molar-refractivity contribution in [2.24, 2.45) is 0 Å². The van der Waals surface area contributed by atoms with E-state index in [0.717, 1.165) is 16.7 Å². The first-order valence-electron chi connectivity index (χ1n) is 18.1. The van der Waals surface area contributed by atoms with E-state index in [0.29, 0.717) is 18.0 Å². The molecular weight excluding hydrogens is 728 g/mol. The number of carbonyl (C=O) groups excluding carboxylic acids is 1. The van der Waals surface area contributed by atoms with Gasteiger partial charge in [-0.1, -0.05) is 54.6 Å². The van der Waals surface area contributed by atoms with Gasteiger partial charge < -0.3 is 42.9 Å². The Balaban J connectivity index is 1.61. The summed E-state index contributed by atoms with van der Waals surface area (Å²) in [6.45, 7) is 8.93. The van der Waals surface area contributed by atoms with Crippen LogP contribution in [0.4, 0.5) is 0 Å². The maximum atomic E-state index is 12.3. The van der Waals surface area contributed by atoms with Gasteiger partial charge in [0.25, 0.3) is 8.53 Å². The molecule has 5 atom stereocenters. The van der Waals surface area contributed by atoms with Crippen LogP contribution in [-0.4, -0.2) is 98.3 Å². The quantitative estimate of drug-likeness (QED) is 0.0655. The van der Waals surface area contributed by atoms with E-state index >= 15 is 0 Å². The summed E-state index contributed by atoms with van der Waals surface area (Å²) < 4.78 is 47.0. The van der Waals surface area contributed by atoms with Gasteiger partial charge in [0, 0.05) is 32.2 Å². The highest BCUT2D eigenvalue weighted by atomic mass is 32.1. The first kappa shape index (κ1) is 41.5. The summed E-state index contributed by atoms with van der Waals surface area (Å²) in [4.78, 5) is 14.1. The average Bonchev–Trinajstić information content (AvgIpc) is 3.51. The molecule has 290 valence electrons. The summed E-state index contributed by atoms with van der Waals surface area (Å²) in [5, 5.41) is 12.4. The minimum atomic E-state index is -1.70. The Labute approximate surface area is 325 Å². The molecule has 14 heteroatoms. The second-order valence-electron chi connectivity index (χ2n) is 13.5. The summed E-state index contributed by atoms with van der Waals surface area (Å²) in [5.74, 6) is 1.27. The zero-order valence-corrected chi connectivity index (χ0v) is 33.7. The fourth-order valence-electron chi connectivity index (χ4n) is 6.97. The SMILES string of the molecule is COc1ccc(C(OC[C@H]2O[C@@H](N3CCC(=O)NC3=S)[C@H](OC)[C@@H]2OP(OCCC#N)N(C(C)C)C(C)C)(c2ccccc2)c2ccc(OC)cc2)cc1. The lowest BCUT2D eigenvalue weighted by molar-refractivity contribution is -0.125. The molecule has 0 bridgehead atoms. The molecule has 3 aromatic rings. The molecule has 12 nitrogen and oxygen atoms in total. The Morgan fingerprint density at radius 2 is 1.50 bits per heavy atom. The van der Waals surface area contributed by atoms with E-state index in [-0.39, 0.29) is 49.2 Å². The highest BCUT2D eigenvalue weighted by molar-refractivity contribution is 7.80. The van der Waals surface area contributed by atoms with Crippen molar-refractivity contribution < 1.29 is 37.5 Å². The van der Waals surface area contributed by atoms with Crippen LogP contribution in [0.15, 0.2) is 78.9 Å². The molecule has 2 heterocycles. The lowest BCUT2D eigenvalue weighted by Crippen LogP contribution is -2.57. The number of hydrogen-bond acceptors (Lipinski definition) is 11. The summed E-state index contributed by atoms with van der Waals surface area (Å²) in [5.41, 5.74) is 1.49. The van der Waals surface area contributed by atoms with Crippen molar-refractivity contribution in [1.29, 1.82) is 5.26 Å². The molecule has 2 aliphatic rings. The molecule has 0 aromatic heterocycles. The molecule has 5 rings (SSSR count). The summed E-state index contributed by atoms with van der Waals surface area (Å²) in [6.07, 6.45) is -2.34. The van der Waals surface area contributed by atoms with Crippen molar-refractivity contribution >= 4 is 31.8 Å². The first-order valence-corrected chi connectivity index (χ1v) is 19.6. The number of methoxy groups -OCH3 is 3. The van der Waals surface area contributed by atoms with Crippen molar-refractivity contribution in [1.82, 2.24) is 14.9 Å². The van der Waals surface area contributed by atoms with Crippen LogP contribution in [0.3, 0.4) is 0 Å². The number of amides is 1. The number of rotatable bonds is 18. The van der Waals surface area contributed by atoms with Gasteiger partial charge in [-0.25, -0.2) is 4.67 Å². The number of nitriles is 1. The second kappa shape index (κ2) is 19.2. The van der Waals surface area contributed by atoms with Crippen molar-refractivity contribution in [3.05, 3.63) is 95.6 Å². The van der Waals surface area contributed by atoms with Crippen LogP contribution in [-0.2, 0) is 33.7 Å². The van der Waals surface area contributed by atoms with Gasteiger partial charge in [0.2, 0.25) is 5.91 Å². The summed E-state index contributed by atoms with van der Waals surface area (Å²) >= 11 is 5.65. The molecule has 1 unspecified atom stereocenters. The fourth-order valence-corrected chi connectivity index (χ4v) is 9.05. The highest BCUT2D eigenvalue weighted by Crippen LogP contribution is 2.50. The molecular formula is C40H51N4O8PS. The largest absolute Gasteiger partial charge is 0.497 e. The Hall–Kier alpha value is -3.70. The topological polar surface area (TPSA) is 124 Å². The summed E-state index contributed by atoms with van der Waals surface area (Å²) in [6, 6.07) is 28.0. The standard InChI is InChI=1S/C40H51N4O8PS/c1-27(2)44(28(3)4)53(50-25-11-23-41)52-36-34(51-38(37(36)48-7)43-24-22-35(45)42-39(43)54)26-49-40(29-12-9-8-10-13-29,30-14-18-32(46-5)19-15-30)31-16-20-33(47-6)21-17-31/h8-10,12-21,27-28,34,36-38H,11,22,24-26H2,1-7H3,(H,42,45,54)/t34-,36-,37-,38-,53?/m1/s1. The highest BCUT2D eigenvalue weighted by Gasteiger charge is 2.53. The lowest BCUT2D eigenvalue weighted by Gasteiger charge is -2.39. The molecule has 54 heavy (non-hydrogen) atoms. The van der Waals surface area contributed by atoms with Gasteiger partial charge in [0.05, 0.1) is 39.9 Å². The van der Waals surface area contributed by atoms with Gasteiger partial charge in [0.15, 0.2) is 11.3 Å². The Bertz CT molecular complexity index is 1650. The van der Waals surface area contributed by atoms with Gasteiger partial charge in [-0.3, -0.25) is 4.79 Å². The predicted octanol–water partition coefficient (Wildman–Crippen LogP) is 6.52. The fraction of sp³-hybridized carbons (Fsp3) is 0.475. The molecule has 0 aliphatic carbocycles. The van der Waals surface area contributed by atoms with Crippen molar-refractivity contribution in [3.8, 4) is 17.6 Å². The van der Waals surface area contributed by atoms with E-state index in [1.54, 1.807) is 21.3 Å². The number of nitrogens with zero attached hydrogens (tertiary/aromatic N) is 3. The van der Waals surface area contributed by atoms with Crippen LogP contribution in [0.5, 0.6) is 11.5 Å². The molecule has 3 aromatic carbocycles. The van der Waals surface area contributed by atoms with Crippen molar-refractivity contribution in [2.75, 3.05) is 41.1 Å². The zero-order valence-electron chi connectivity index (χ0n) is 32.0. The third kappa shape index (κ3) is 9.21. The molecule has 1 N–H and O–H groups in total. The maximum absolute atomic E-state index is 12.3. The molecule has 0 spiro atoms. The molecule has 2 aliphatic heterocycles. The van der Waals surface area contributed by atoms with Crippen molar-refractivity contribution in [2.45, 2.75) is 82.8 Å². The second-order valence-corrected chi connectivity index (χ2v) is 15.3. The minimum absolute atomic E-state index is 0.0473. The normalized spacial score (nSPS) is 21.0. The number of ether oxygens (including phenoxy) is 5.